The summed E-state index contributed by atoms with van der Waals surface area (Å²) in [6.45, 7) is 1.72. The highest BCUT2D eigenvalue weighted by molar-refractivity contribution is 7.18. The van der Waals surface area contributed by atoms with Crippen molar-refractivity contribution in [2.24, 2.45) is 5.10 Å². The first-order chi connectivity index (χ1) is 12.6. The van der Waals surface area contributed by atoms with Crippen LogP contribution in [0, 0.1) is 17.0 Å². The number of aromatic nitrogens is 2. The first-order valence-electron chi connectivity index (χ1n) is 8.38. The summed E-state index contributed by atoms with van der Waals surface area (Å²) < 4.78 is 1.24. The highest BCUT2D eigenvalue weighted by atomic mass is 32.1. The lowest BCUT2D eigenvalue weighted by Crippen LogP contribution is -2.21. The molecule has 0 saturated carbocycles. The quantitative estimate of drug-likeness (QED) is 0.402. The number of nitro groups is 1. The average Bonchev–Trinajstić information content (AvgIpc) is 2.99. The van der Waals surface area contributed by atoms with E-state index >= 15 is 0 Å². The number of nitrogens with zero attached hydrogens (tertiary/aromatic N) is 4. The Kier molecular flexibility index (Phi) is 4.12. The molecular formula is C18H16N4O3S. The number of benzene rings is 1. The Morgan fingerprint density at radius 3 is 2.88 bits per heavy atom. The number of hydrogen-bond acceptors (Lipinski definition) is 6. The summed E-state index contributed by atoms with van der Waals surface area (Å²) in [5.74, 6) is 0.468. The lowest BCUT2D eigenvalue weighted by atomic mass is 9.97. The van der Waals surface area contributed by atoms with Gasteiger partial charge in [0.25, 0.3) is 11.2 Å². The van der Waals surface area contributed by atoms with Gasteiger partial charge in [0.05, 0.1) is 22.1 Å². The van der Waals surface area contributed by atoms with Gasteiger partial charge in [-0.3, -0.25) is 14.9 Å². The average molecular weight is 368 g/mol. The van der Waals surface area contributed by atoms with E-state index in [4.69, 9.17) is 0 Å². The van der Waals surface area contributed by atoms with Crippen molar-refractivity contribution < 1.29 is 4.92 Å². The molecule has 26 heavy (non-hydrogen) atoms. The second-order valence-corrected chi connectivity index (χ2v) is 7.31. The Bertz CT molecular complexity index is 1110. The number of para-hydroxylation sites is 1. The summed E-state index contributed by atoms with van der Waals surface area (Å²) in [5, 5.41) is 16.0. The summed E-state index contributed by atoms with van der Waals surface area (Å²) in [5.41, 5.74) is 1.19. The van der Waals surface area contributed by atoms with Crippen molar-refractivity contribution >= 4 is 33.5 Å². The number of thiophene rings is 1. The molecule has 2 aromatic heterocycles. The van der Waals surface area contributed by atoms with E-state index in [1.807, 2.05) is 0 Å². The van der Waals surface area contributed by atoms with Crippen molar-refractivity contribution in [3.05, 3.63) is 66.6 Å². The fourth-order valence-electron chi connectivity index (χ4n) is 3.32. The van der Waals surface area contributed by atoms with Gasteiger partial charge in [0, 0.05) is 10.9 Å². The van der Waals surface area contributed by atoms with E-state index < -0.39 is 4.92 Å². The van der Waals surface area contributed by atoms with Crippen molar-refractivity contribution in [1.82, 2.24) is 9.66 Å². The molecule has 1 aliphatic rings. The molecule has 0 unspecified atom stereocenters. The van der Waals surface area contributed by atoms with Gasteiger partial charge in [0.1, 0.15) is 10.7 Å². The van der Waals surface area contributed by atoms with Gasteiger partial charge < -0.3 is 0 Å². The van der Waals surface area contributed by atoms with Gasteiger partial charge in [-0.2, -0.15) is 9.78 Å². The number of hydrogen-bond donors (Lipinski definition) is 0. The van der Waals surface area contributed by atoms with Crippen LogP contribution in [0.2, 0.25) is 0 Å². The van der Waals surface area contributed by atoms with Gasteiger partial charge >= 0.3 is 0 Å². The topological polar surface area (TPSA) is 90.4 Å². The summed E-state index contributed by atoms with van der Waals surface area (Å²) in [4.78, 5) is 30.2. The minimum Gasteiger partial charge on any atom is -0.267 e. The fourth-order valence-corrected chi connectivity index (χ4v) is 4.61. The lowest BCUT2D eigenvalue weighted by molar-refractivity contribution is -0.385. The van der Waals surface area contributed by atoms with Crippen molar-refractivity contribution in [1.29, 1.82) is 0 Å². The number of nitro benzene ring substituents is 1. The van der Waals surface area contributed by atoms with Crippen LogP contribution in [-0.2, 0) is 12.8 Å². The Balaban J connectivity index is 1.85. The molecular weight excluding hydrogens is 352 g/mol. The smallest absolute Gasteiger partial charge is 0.267 e. The van der Waals surface area contributed by atoms with E-state index in [0.29, 0.717) is 16.8 Å². The first kappa shape index (κ1) is 16.6. The summed E-state index contributed by atoms with van der Waals surface area (Å²) in [7, 11) is 0. The molecule has 8 heteroatoms. The van der Waals surface area contributed by atoms with Crippen LogP contribution in [-0.4, -0.2) is 20.8 Å². The van der Waals surface area contributed by atoms with E-state index in [2.05, 4.69) is 10.1 Å². The standard InChI is InChI=1S/C18H16N4O3S/c1-11-20-17-16(13-7-3-5-9-15(13)26-17)18(23)21(11)19-10-12-6-2-4-8-14(12)22(24)25/h2,4,6,8,10H,3,5,7,9H2,1H3/b19-10+. The van der Waals surface area contributed by atoms with Crippen LogP contribution in [0.4, 0.5) is 5.69 Å². The molecule has 0 aliphatic heterocycles. The molecule has 0 radical (unpaired) electrons. The molecule has 132 valence electrons. The molecule has 7 nitrogen and oxygen atoms in total. The maximum atomic E-state index is 13.0. The normalized spacial score (nSPS) is 14.0. The van der Waals surface area contributed by atoms with Gasteiger partial charge in [0.2, 0.25) is 0 Å². The molecule has 3 aromatic rings. The van der Waals surface area contributed by atoms with Gasteiger partial charge in [-0.1, -0.05) is 12.1 Å². The van der Waals surface area contributed by atoms with Crippen LogP contribution in [0.3, 0.4) is 0 Å². The van der Waals surface area contributed by atoms with Gasteiger partial charge in [-0.05, 0) is 44.2 Å². The Labute approximate surface area is 152 Å². The van der Waals surface area contributed by atoms with Gasteiger partial charge in [0.15, 0.2) is 0 Å². The molecule has 0 fully saturated rings. The van der Waals surface area contributed by atoms with E-state index in [9.17, 15) is 14.9 Å². The third-order valence-electron chi connectivity index (χ3n) is 4.57. The van der Waals surface area contributed by atoms with E-state index in [0.717, 1.165) is 36.1 Å². The minimum atomic E-state index is -0.465. The fraction of sp³-hybridized carbons (Fsp3) is 0.278. The zero-order valence-electron chi connectivity index (χ0n) is 14.1. The van der Waals surface area contributed by atoms with Crippen LogP contribution in [0.15, 0.2) is 34.2 Å². The number of aryl methyl sites for hydroxylation is 3. The molecule has 0 N–H and O–H groups in total. The highest BCUT2D eigenvalue weighted by Gasteiger charge is 2.21. The molecule has 0 amide bonds. The van der Waals surface area contributed by atoms with Crippen LogP contribution < -0.4 is 5.56 Å². The third-order valence-corrected chi connectivity index (χ3v) is 5.76. The van der Waals surface area contributed by atoms with E-state index in [1.54, 1.807) is 36.5 Å². The van der Waals surface area contributed by atoms with Crippen LogP contribution in [0.5, 0.6) is 0 Å². The zero-order chi connectivity index (χ0) is 18.3. The molecule has 0 atom stereocenters. The van der Waals surface area contributed by atoms with Gasteiger partial charge in [-0.15, -0.1) is 11.3 Å². The molecule has 2 heterocycles. The van der Waals surface area contributed by atoms with Crippen molar-refractivity contribution in [2.45, 2.75) is 32.6 Å². The van der Waals surface area contributed by atoms with Crippen LogP contribution in [0.1, 0.15) is 34.7 Å². The second-order valence-electron chi connectivity index (χ2n) is 6.23. The highest BCUT2D eigenvalue weighted by Crippen LogP contribution is 2.33. The maximum Gasteiger partial charge on any atom is 0.283 e. The predicted molar refractivity (Wildman–Crippen MR) is 101 cm³/mol. The maximum absolute atomic E-state index is 13.0. The third kappa shape index (κ3) is 2.72. The predicted octanol–water partition coefficient (Wildman–Crippen LogP) is 3.44. The summed E-state index contributed by atoms with van der Waals surface area (Å²) >= 11 is 1.59. The molecule has 0 bridgehead atoms. The van der Waals surface area contributed by atoms with E-state index in [-0.39, 0.29) is 11.2 Å². The van der Waals surface area contributed by atoms with Crippen LogP contribution in [0.25, 0.3) is 10.2 Å². The van der Waals surface area contributed by atoms with Gasteiger partial charge in [-0.25, -0.2) is 4.98 Å². The Morgan fingerprint density at radius 1 is 1.31 bits per heavy atom. The minimum absolute atomic E-state index is 0.0519. The Hall–Kier alpha value is -2.87. The second kappa shape index (κ2) is 6.45. The molecule has 4 rings (SSSR count). The van der Waals surface area contributed by atoms with Crippen molar-refractivity contribution in [3.63, 3.8) is 0 Å². The summed E-state index contributed by atoms with van der Waals surface area (Å²) in [6.07, 6.45) is 5.45. The summed E-state index contributed by atoms with van der Waals surface area (Å²) in [6, 6.07) is 6.30. The first-order valence-corrected chi connectivity index (χ1v) is 9.19. The van der Waals surface area contributed by atoms with Crippen LogP contribution >= 0.6 is 11.3 Å². The number of rotatable bonds is 3. The number of fused-ring (bicyclic) bond motifs is 3. The molecule has 0 spiro atoms. The lowest BCUT2D eigenvalue weighted by Gasteiger charge is -2.10. The zero-order valence-corrected chi connectivity index (χ0v) is 15.0. The molecule has 1 aromatic carbocycles. The molecule has 1 aliphatic carbocycles. The molecule has 0 saturated heterocycles. The van der Waals surface area contributed by atoms with Crippen molar-refractivity contribution in [3.8, 4) is 0 Å². The van der Waals surface area contributed by atoms with Crippen molar-refractivity contribution in [2.75, 3.05) is 0 Å². The largest absolute Gasteiger partial charge is 0.283 e. The SMILES string of the molecule is Cc1nc2sc3c(c2c(=O)n1/N=C/c1ccccc1[N+](=O)[O-])CCCC3. The van der Waals surface area contributed by atoms with E-state index in [1.165, 1.54) is 21.8 Å². The monoisotopic (exact) mass is 368 g/mol. The Morgan fingerprint density at radius 2 is 2.08 bits per heavy atom.